The maximum absolute atomic E-state index is 12.5. The predicted molar refractivity (Wildman–Crippen MR) is 97.2 cm³/mol. The van der Waals surface area contributed by atoms with Crippen molar-refractivity contribution in [2.24, 2.45) is 13.0 Å². The molecule has 6 nitrogen and oxygen atoms in total. The van der Waals surface area contributed by atoms with Gasteiger partial charge in [0.25, 0.3) is 5.56 Å². The number of amides is 1. The number of rotatable bonds is 3. The summed E-state index contributed by atoms with van der Waals surface area (Å²) in [5.74, 6) is 0.649. The monoisotopic (exact) mass is 390 g/mol. The molecule has 0 spiro atoms. The molecule has 0 radical (unpaired) electrons. The molecule has 7 heteroatoms. The minimum atomic E-state index is -0.139. The third-order valence-electron chi connectivity index (χ3n) is 4.15. The lowest BCUT2D eigenvalue weighted by atomic mass is 9.97. The number of piperidine rings is 1. The molecule has 0 bridgehead atoms. The molecule has 1 N–H and O–H groups in total. The fraction of sp³-hybridized carbons (Fsp3) is 0.353. The van der Waals surface area contributed by atoms with Crippen LogP contribution < -0.4 is 15.8 Å². The second-order valence-electron chi connectivity index (χ2n) is 5.94. The van der Waals surface area contributed by atoms with Crippen LogP contribution in [0, 0.1) is 5.92 Å². The maximum atomic E-state index is 12.5. The van der Waals surface area contributed by atoms with E-state index >= 15 is 0 Å². The molecule has 1 fully saturated rings. The molecule has 3 rings (SSSR count). The van der Waals surface area contributed by atoms with Crippen molar-refractivity contribution in [1.29, 1.82) is 0 Å². The Bertz CT molecular complexity index is 805. The highest BCUT2D eigenvalue weighted by Gasteiger charge is 2.26. The Morgan fingerprint density at radius 3 is 2.92 bits per heavy atom. The fourth-order valence-electron chi connectivity index (χ4n) is 2.87. The maximum Gasteiger partial charge on any atom is 0.266 e. The number of carbonyl (C=O) groups is 1. The Balaban J connectivity index is 1.69. The molecule has 0 saturated carbocycles. The van der Waals surface area contributed by atoms with E-state index in [4.69, 9.17) is 0 Å². The molecule has 1 aliphatic rings. The summed E-state index contributed by atoms with van der Waals surface area (Å²) in [6.07, 6.45) is 1.77. The van der Waals surface area contributed by atoms with Gasteiger partial charge in [0.05, 0.1) is 5.92 Å². The normalized spacial score (nSPS) is 17.6. The number of benzene rings is 1. The van der Waals surface area contributed by atoms with Crippen LogP contribution in [0.4, 0.5) is 11.5 Å². The second-order valence-corrected chi connectivity index (χ2v) is 6.85. The van der Waals surface area contributed by atoms with Gasteiger partial charge in [-0.3, -0.25) is 9.59 Å². The van der Waals surface area contributed by atoms with Gasteiger partial charge in [0.1, 0.15) is 5.82 Å². The Morgan fingerprint density at radius 2 is 2.17 bits per heavy atom. The molecule has 1 saturated heterocycles. The van der Waals surface area contributed by atoms with E-state index in [1.54, 1.807) is 13.1 Å². The SMILES string of the molecule is Cn1nc(N2CCC[C@H](C(=O)Nc3cccc(Br)c3)C2)ccc1=O. The highest BCUT2D eigenvalue weighted by molar-refractivity contribution is 9.10. The first kappa shape index (κ1) is 16.7. The van der Waals surface area contributed by atoms with Crippen LogP contribution >= 0.6 is 15.9 Å². The summed E-state index contributed by atoms with van der Waals surface area (Å²) in [6.45, 7) is 1.44. The first-order chi connectivity index (χ1) is 11.5. The number of hydrogen-bond acceptors (Lipinski definition) is 4. The summed E-state index contributed by atoms with van der Waals surface area (Å²) in [6, 6.07) is 10.8. The van der Waals surface area contributed by atoms with Gasteiger partial charge in [0.15, 0.2) is 0 Å². The average molecular weight is 391 g/mol. The van der Waals surface area contributed by atoms with Gasteiger partial charge in [-0.05, 0) is 37.1 Å². The predicted octanol–water partition coefficient (Wildman–Crippen LogP) is 2.40. The van der Waals surface area contributed by atoms with Gasteiger partial charge in [-0.1, -0.05) is 22.0 Å². The lowest BCUT2D eigenvalue weighted by Gasteiger charge is -2.32. The van der Waals surface area contributed by atoms with Gasteiger partial charge in [0.2, 0.25) is 5.91 Å². The van der Waals surface area contributed by atoms with Crippen molar-refractivity contribution in [2.75, 3.05) is 23.3 Å². The van der Waals surface area contributed by atoms with E-state index < -0.39 is 0 Å². The molecule has 126 valence electrons. The van der Waals surface area contributed by atoms with Crippen molar-refractivity contribution >= 4 is 33.3 Å². The molecule has 1 aromatic heterocycles. The molecular weight excluding hydrogens is 372 g/mol. The lowest BCUT2D eigenvalue weighted by Crippen LogP contribution is -2.41. The number of carbonyl (C=O) groups excluding carboxylic acids is 1. The molecule has 0 unspecified atom stereocenters. The van der Waals surface area contributed by atoms with Crippen LogP contribution in [0.15, 0.2) is 45.7 Å². The minimum absolute atomic E-state index is 0.0163. The van der Waals surface area contributed by atoms with Crippen LogP contribution in [0.5, 0.6) is 0 Å². The smallest absolute Gasteiger partial charge is 0.266 e. The fourth-order valence-corrected chi connectivity index (χ4v) is 3.27. The van der Waals surface area contributed by atoms with Gasteiger partial charge in [0, 0.05) is 36.4 Å². The summed E-state index contributed by atoms with van der Waals surface area (Å²) < 4.78 is 2.25. The number of hydrogen-bond donors (Lipinski definition) is 1. The average Bonchev–Trinajstić information content (AvgIpc) is 2.57. The lowest BCUT2D eigenvalue weighted by molar-refractivity contribution is -0.120. The molecule has 1 aliphatic heterocycles. The van der Waals surface area contributed by atoms with Gasteiger partial charge in [-0.2, -0.15) is 5.10 Å². The Kier molecular flexibility index (Phi) is 4.99. The summed E-state index contributed by atoms with van der Waals surface area (Å²) in [4.78, 5) is 26.1. The van der Waals surface area contributed by atoms with Crippen molar-refractivity contribution in [3.63, 3.8) is 0 Å². The van der Waals surface area contributed by atoms with Crippen molar-refractivity contribution in [2.45, 2.75) is 12.8 Å². The van der Waals surface area contributed by atoms with E-state index in [1.807, 2.05) is 24.3 Å². The van der Waals surface area contributed by atoms with Crippen LogP contribution in [-0.4, -0.2) is 28.8 Å². The summed E-state index contributed by atoms with van der Waals surface area (Å²) in [5, 5.41) is 7.25. The van der Waals surface area contributed by atoms with E-state index in [1.165, 1.54) is 10.7 Å². The molecule has 1 amide bonds. The summed E-state index contributed by atoms with van der Waals surface area (Å²) >= 11 is 3.41. The molecule has 0 aliphatic carbocycles. The van der Waals surface area contributed by atoms with Crippen molar-refractivity contribution in [1.82, 2.24) is 9.78 Å². The van der Waals surface area contributed by atoms with E-state index in [9.17, 15) is 9.59 Å². The molecule has 2 aromatic rings. The summed E-state index contributed by atoms with van der Waals surface area (Å²) in [5.41, 5.74) is 0.645. The highest BCUT2D eigenvalue weighted by Crippen LogP contribution is 2.23. The first-order valence-electron chi connectivity index (χ1n) is 7.88. The van der Waals surface area contributed by atoms with Crippen LogP contribution in [0.2, 0.25) is 0 Å². The summed E-state index contributed by atoms with van der Waals surface area (Å²) in [7, 11) is 1.63. The van der Waals surface area contributed by atoms with Crippen molar-refractivity contribution < 1.29 is 4.79 Å². The largest absolute Gasteiger partial charge is 0.354 e. The first-order valence-corrected chi connectivity index (χ1v) is 8.68. The molecule has 2 heterocycles. The number of nitrogens with one attached hydrogen (secondary N) is 1. The molecular formula is C17H19BrN4O2. The molecule has 24 heavy (non-hydrogen) atoms. The zero-order valence-electron chi connectivity index (χ0n) is 13.4. The second kappa shape index (κ2) is 7.17. The number of aromatic nitrogens is 2. The van der Waals surface area contributed by atoms with Gasteiger partial charge < -0.3 is 10.2 Å². The van der Waals surface area contributed by atoms with E-state index in [0.717, 1.165) is 35.4 Å². The zero-order chi connectivity index (χ0) is 17.1. The zero-order valence-corrected chi connectivity index (χ0v) is 15.0. The number of aryl methyl sites for hydroxylation is 1. The Labute approximate surface area is 148 Å². The third-order valence-corrected chi connectivity index (χ3v) is 4.65. The number of nitrogens with zero attached hydrogens (tertiary/aromatic N) is 3. The van der Waals surface area contributed by atoms with Crippen molar-refractivity contribution in [3.8, 4) is 0 Å². The quantitative estimate of drug-likeness (QED) is 0.873. The standard InChI is InChI=1S/C17H19BrN4O2/c1-21-16(23)8-7-15(20-21)22-9-3-4-12(11-22)17(24)19-14-6-2-5-13(18)10-14/h2,5-8,10,12H,3-4,9,11H2,1H3,(H,19,24)/t12-/m0/s1. The Hall–Kier alpha value is -2.15. The number of anilines is 2. The van der Waals surface area contributed by atoms with Gasteiger partial charge >= 0.3 is 0 Å². The van der Waals surface area contributed by atoms with Crippen LogP contribution in [-0.2, 0) is 11.8 Å². The third kappa shape index (κ3) is 3.84. The minimum Gasteiger partial charge on any atom is -0.354 e. The van der Waals surface area contributed by atoms with E-state index in [0.29, 0.717) is 6.54 Å². The van der Waals surface area contributed by atoms with Crippen molar-refractivity contribution in [3.05, 3.63) is 51.2 Å². The van der Waals surface area contributed by atoms with Gasteiger partial charge in [-0.25, -0.2) is 4.68 Å². The van der Waals surface area contributed by atoms with E-state index in [2.05, 4.69) is 31.2 Å². The number of halogens is 1. The van der Waals surface area contributed by atoms with Crippen LogP contribution in [0.1, 0.15) is 12.8 Å². The highest BCUT2D eigenvalue weighted by atomic mass is 79.9. The van der Waals surface area contributed by atoms with Crippen LogP contribution in [0.3, 0.4) is 0 Å². The van der Waals surface area contributed by atoms with E-state index in [-0.39, 0.29) is 17.4 Å². The topological polar surface area (TPSA) is 67.2 Å². The van der Waals surface area contributed by atoms with Gasteiger partial charge in [-0.15, -0.1) is 0 Å². The van der Waals surface area contributed by atoms with Crippen LogP contribution in [0.25, 0.3) is 0 Å². The molecule has 1 aromatic carbocycles. The molecule has 1 atom stereocenters. The Morgan fingerprint density at radius 1 is 1.33 bits per heavy atom.